The maximum Gasteiger partial charge on any atom is 0.339 e. The second-order valence-corrected chi connectivity index (χ2v) is 8.31. The van der Waals surface area contributed by atoms with Gasteiger partial charge < -0.3 is 15.6 Å². The van der Waals surface area contributed by atoms with E-state index in [1.54, 1.807) is 4.57 Å². The number of aromatic nitrogens is 1. The number of para-hydroxylation sites is 1. The Balaban J connectivity index is 1.83. The summed E-state index contributed by atoms with van der Waals surface area (Å²) in [4.78, 5) is 15.0. The van der Waals surface area contributed by atoms with Crippen LogP contribution < -0.4 is 25.0 Å². The molecule has 0 saturated carbocycles. The Hall–Kier alpha value is -3.06. The molecule has 0 saturated heterocycles. The van der Waals surface area contributed by atoms with E-state index in [4.69, 9.17) is 10.5 Å². The number of benzene rings is 2. The molecule has 3 aromatic rings. The standard InChI is InChI=1S/C21H19N3O3S/c1-21-15(18(22)25)16(13-10-6-7-11-14(13)27-21)24-19(26)17(28-20(24)23(21)2)12-8-4-3-5-9-12/h3-11,15-16H,1-2H3,(H2-,22,25,26). The first-order valence-electron chi connectivity index (χ1n) is 9.05. The number of fused-ring (bicyclic) bond motifs is 6. The number of anilines is 1. The minimum Gasteiger partial charge on any atom is -0.841 e. The van der Waals surface area contributed by atoms with E-state index in [0.717, 1.165) is 16.3 Å². The van der Waals surface area contributed by atoms with Gasteiger partial charge in [0.25, 0.3) is 5.72 Å². The minimum atomic E-state index is -0.976. The Kier molecular flexibility index (Phi) is 3.49. The Morgan fingerprint density at radius 1 is 1.21 bits per heavy atom. The lowest BCUT2D eigenvalue weighted by atomic mass is 9.79. The molecule has 1 amide bonds. The van der Waals surface area contributed by atoms with Crippen molar-refractivity contribution in [2.45, 2.75) is 18.7 Å². The highest BCUT2D eigenvalue weighted by atomic mass is 32.1. The van der Waals surface area contributed by atoms with Crippen LogP contribution in [0.4, 0.5) is 5.13 Å². The first-order valence-corrected chi connectivity index (χ1v) is 9.87. The van der Waals surface area contributed by atoms with Crippen LogP contribution in [0.15, 0.2) is 54.6 Å². The zero-order valence-corrected chi connectivity index (χ0v) is 16.3. The first-order chi connectivity index (χ1) is 13.4. The zero-order valence-electron chi connectivity index (χ0n) is 15.5. The highest BCUT2D eigenvalue weighted by Crippen LogP contribution is 2.52. The minimum absolute atomic E-state index is 0.118. The summed E-state index contributed by atoms with van der Waals surface area (Å²) in [6.07, 6.45) is 0. The van der Waals surface area contributed by atoms with E-state index in [1.807, 2.05) is 73.5 Å². The van der Waals surface area contributed by atoms with Crippen LogP contribution in [0.1, 0.15) is 18.5 Å². The second-order valence-electron chi connectivity index (χ2n) is 7.33. The molecular formula is C21H19N3O3S. The number of amides is 1. The molecule has 0 spiro atoms. The van der Waals surface area contributed by atoms with Crippen LogP contribution >= 0.6 is 11.3 Å². The van der Waals surface area contributed by atoms with E-state index in [2.05, 4.69) is 0 Å². The molecule has 28 heavy (non-hydrogen) atoms. The van der Waals surface area contributed by atoms with Crippen molar-refractivity contribution in [1.82, 2.24) is 0 Å². The normalized spacial score (nSPS) is 24.9. The molecule has 0 fully saturated rings. The number of hydrogen-bond donors (Lipinski definition) is 1. The fraction of sp³-hybridized carbons (Fsp3) is 0.238. The Labute approximate surface area is 166 Å². The fourth-order valence-electron chi connectivity index (χ4n) is 4.38. The molecule has 2 aromatic carbocycles. The van der Waals surface area contributed by atoms with Crippen LogP contribution in [0.2, 0.25) is 0 Å². The predicted molar refractivity (Wildman–Crippen MR) is 104 cm³/mol. The lowest BCUT2D eigenvalue weighted by Crippen LogP contribution is -2.72. The number of nitrogens with zero attached hydrogens (tertiary/aromatic N) is 2. The van der Waals surface area contributed by atoms with Crippen LogP contribution in [-0.2, 0) is 4.79 Å². The van der Waals surface area contributed by atoms with Gasteiger partial charge in [0.15, 0.2) is 5.92 Å². The molecule has 2 bridgehead atoms. The van der Waals surface area contributed by atoms with E-state index in [-0.39, 0.29) is 5.88 Å². The zero-order chi connectivity index (χ0) is 19.6. The van der Waals surface area contributed by atoms with Crippen LogP contribution in [0, 0.1) is 5.92 Å². The van der Waals surface area contributed by atoms with Crippen molar-refractivity contribution in [3.05, 3.63) is 60.2 Å². The number of carbonyl (C=O) groups excluding carboxylic acids is 1. The summed E-state index contributed by atoms with van der Waals surface area (Å²) >= 11 is 1.41. The fourth-order valence-corrected chi connectivity index (χ4v) is 5.61. The van der Waals surface area contributed by atoms with Crippen LogP contribution in [-0.4, -0.2) is 18.7 Å². The largest absolute Gasteiger partial charge is 0.841 e. The van der Waals surface area contributed by atoms with E-state index >= 15 is 0 Å². The molecule has 0 aliphatic carbocycles. The molecular weight excluding hydrogens is 374 g/mol. The second kappa shape index (κ2) is 5.72. The highest BCUT2D eigenvalue weighted by Gasteiger charge is 2.63. The number of thiazole rings is 1. The molecule has 2 aliphatic rings. The summed E-state index contributed by atoms with van der Waals surface area (Å²) < 4.78 is 8.02. The van der Waals surface area contributed by atoms with Gasteiger partial charge in [-0.2, -0.15) is 0 Å². The molecule has 3 heterocycles. The molecule has 142 valence electrons. The third-order valence-electron chi connectivity index (χ3n) is 5.83. The van der Waals surface area contributed by atoms with Gasteiger partial charge >= 0.3 is 5.13 Å². The SMILES string of the molecule is CN1c2sc(-c3ccccc3)c([O-])[n+]2C2c3ccccc3OC1(C)C2C(N)=O. The molecule has 7 heteroatoms. The van der Waals surface area contributed by atoms with Gasteiger partial charge in [0, 0.05) is 12.5 Å². The van der Waals surface area contributed by atoms with Gasteiger partial charge in [-0.05, 0) is 23.0 Å². The number of rotatable bonds is 2. The highest BCUT2D eigenvalue weighted by molar-refractivity contribution is 7.18. The summed E-state index contributed by atoms with van der Waals surface area (Å²) in [7, 11) is 1.84. The molecule has 3 atom stereocenters. The number of nitrogens with two attached hydrogens (primary N) is 1. The average molecular weight is 393 g/mol. The number of primary amides is 1. The van der Waals surface area contributed by atoms with E-state index in [9.17, 15) is 9.90 Å². The van der Waals surface area contributed by atoms with E-state index in [1.165, 1.54) is 11.3 Å². The van der Waals surface area contributed by atoms with Gasteiger partial charge in [-0.25, -0.2) is 9.47 Å². The third-order valence-corrected chi connectivity index (χ3v) is 7.10. The van der Waals surface area contributed by atoms with Crippen molar-refractivity contribution in [3.8, 4) is 22.1 Å². The van der Waals surface area contributed by atoms with Crippen molar-refractivity contribution in [2.75, 3.05) is 11.9 Å². The van der Waals surface area contributed by atoms with Crippen molar-refractivity contribution < 1.29 is 19.2 Å². The topological polar surface area (TPSA) is 82.5 Å². The molecule has 5 rings (SSSR count). The van der Waals surface area contributed by atoms with Crippen molar-refractivity contribution in [3.63, 3.8) is 0 Å². The molecule has 0 radical (unpaired) electrons. The van der Waals surface area contributed by atoms with Gasteiger partial charge in [-0.1, -0.05) is 48.5 Å². The Bertz CT molecular complexity index is 1100. The summed E-state index contributed by atoms with van der Waals surface area (Å²) in [6.45, 7) is 1.86. The lowest BCUT2D eigenvalue weighted by molar-refractivity contribution is -0.747. The van der Waals surface area contributed by atoms with Crippen molar-refractivity contribution >= 4 is 22.4 Å². The van der Waals surface area contributed by atoms with Crippen molar-refractivity contribution in [2.24, 2.45) is 11.7 Å². The van der Waals surface area contributed by atoms with Crippen LogP contribution in [0.5, 0.6) is 11.6 Å². The third kappa shape index (κ3) is 2.08. The lowest BCUT2D eigenvalue weighted by Gasteiger charge is -2.48. The Morgan fingerprint density at radius 3 is 2.61 bits per heavy atom. The van der Waals surface area contributed by atoms with Gasteiger partial charge in [0.2, 0.25) is 5.91 Å². The van der Waals surface area contributed by atoms with Gasteiger partial charge in [0.1, 0.15) is 11.8 Å². The molecule has 6 nitrogen and oxygen atoms in total. The van der Waals surface area contributed by atoms with E-state index < -0.39 is 23.6 Å². The molecule has 1 aromatic heterocycles. The van der Waals surface area contributed by atoms with Gasteiger partial charge in [-0.15, -0.1) is 0 Å². The molecule has 3 unspecified atom stereocenters. The van der Waals surface area contributed by atoms with E-state index in [0.29, 0.717) is 10.6 Å². The van der Waals surface area contributed by atoms with Crippen LogP contribution in [0.25, 0.3) is 10.4 Å². The summed E-state index contributed by atoms with van der Waals surface area (Å²) in [5.74, 6) is -0.632. The van der Waals surface area contributed by atoms with Crippen molar-refractivity contribution in [1.29, 1.82) is 0 Å². The molecule has 2 aliphatic heterocycles. The average Bonchev–Trinajstić information content (AvgIpc) is 3.03. The number of carbonyl (C=O) groups is 1. The number of ether oxygens (including phenoxy) is 1. The maximum absolute atomic E-state index is 13.5. The number of hydrogen-bond acceptors (Lipinski definition) is 5. The smallest absolute Gasteiger partial charge is 0.339 e. The van der Waals surface area contributed by atoms with Crippen LogP contribution in [0.3, 0.4) is 0 Å². The first kappa shape index (κ1) is 17.1. The monoisotopic (exact) mass is 393 g/mol. The summed E-state index contributed by atoms with van der Waals surface area (Å²) in [5, 5.41) is 14.2. The summed E-state index contributed by atoms with van der Waals surface area (Å²) in [5.41, 5.74) is 6.52. The Morgan fingerprint density at radius 2 is 1.89 bits per heavy atom. The molecule has 2 N–H and O–H groups in total. The summed E-state index contributed by atoms with van der Waals surface area (Å²) in [6, 6.07) is 16.6. The quantitative estimate of drug-likeness (QED) is 0.676. The van der Waals surface area contributed by atoms with Gasteiger partial charge in [-0.3, -0.25) is 4.79 Å². The predicted octanol–water partition coefficient (Wildman–Crippen LogP) is 2.03. The van der Waals surface area contributed by atoms with Gasteiger partial charge in [0.05, 0.1) is 17.8 Å². The maximum atomic E-state index is 13.5.